The number of nitrogens with zero attached hydrogens (tertiary/aromatic N) is 1. The molecule has 0 spiro atoms. The summed E-state index contributed by atoms with van der Waals surface area (Å²) in [4.78, 5) is 56.3. The summed E-state index contributed by atoms with van der Waals surface area (Å²) in [6, 6.07) is -2.16. The number of rotatable bonds is 6. The molecular weight excluding hydrogens is 294 g/mol. The van der Waals surface area contributed by atoms with Crippen molar-refractivity contribution < 1.29 is 43.4 Å². The van der Waals surface area contributed by atoms with E-state index in [0.29, 0.717) is 0 Å². The Morgan fingerprint density at radius 1 is 1.06 bits per heavy atom. The lowest BCUT2D eigenvalue weighted by molar-refractivity contribution is -0.146. The van der Waals surface area contributed by atoms with Crippen LogP contribution in [0, 0.1) is 0 Å². The first-order valence-corrected chi connectivity index (χ1v) is 7.79. The van der Waals surface area contributed by atoms with Crippen molar-refractivity contribution in [1.82, 2.24) is 4.90 Å². The SMILES string of the molecule is N[C@@H](C(=O)O)C(=O)N(CP(=O)(O)O)CP(=O)(O)O. The van der Waals surface area contributed by atoms with Crippen LogP contribution < -0.4 is 5.73 Å². The van der Waals surface area contributed by atoms with E-state index in [0.717, 1.165) is 0 Å². The topological polar surface area (TPSA) is 199 Å². The van der Waals surface area contributed by atoms with E-state index in [1.807, 2.05) is 0 Å². The largest absolute Gasteiger partial charge is 0.480 e. The van der Waals surface area contributed by atoms with Gasteiger partial charge in [-0.25, -0.2) is 4.79 Å². The molecule has 0 unspecified atom stereocenters. The predicted octanol–water partition coefficient (Wildman–Crippen LogP) is -2.50. The summed E-state index contributed by atoms with van der Waals surface area (Å²) in [7, 11) is -9.64. The van der Waals surface area contributed by atoms with Gasteiger partial charge in [0.25, 0.3) is 5.91 Å². The van der Waals surface area contributed by atoms with E-state index < -0.39 is 45.7 Å². The van der Waals surface area contributed by atoms with Crippen molar-refractivity contribution in [3.05, 3.63) is 0 Å². The van der Waals surface area contributed by atoms with Gasteiger partial charge in [-0.2, -0.15) is 0 Å². The van der Waals surface area contributed by atoms with Gasteiger partial charge in [-0.3, -0.25) is 13.9 Å². The molecule has 11 nitrogen and oxygen atoms in total. The summed E-state index contributed by atoms with van der Waals surface area (Å²) in [5.41, 5.74) is 4.90. The third-order valence-corrected chi connectivity index (χ3v) is 2.97. The molecule has 1 amide bonds. The molecule has 0 rings (SSSR count). The zero-order valence-corrected chi connectivity index (χ0v) is 10.6. The number of carbonyl (C=O) groups is 2. The lowest BCUT2D eigenvalue weighted by Crippen LogP contribution is -2.48. The van der Waals surface area contributed by atoms with E-state index in [1.54, 1.807) is 0 Å². The Morgan fingerprint density at radius 3 is 1.61 bits per heavy atom. The van der Waals surface area contributed by atoms with E-state index in [-0.39, 0.29) is 4.90 Å². The second kappa shape index (κ2) is 5.89. The molecule has 1 atom stereocenters. The van der Waals surface area contributed by atoms with E-state index >= 15 is 0 Å². The fourth-order valence-electron chi connectivity index (χ4n) is 0.931. The molecule has 0 aliphatic rings. The van der Waals surface area contributed by atoms with Crippen molar-refractivity contribution in [2.45, 2.75) is 6.04 Å². The van der Waals surface area contributed by atoms with Crippen LogP contribution in [-0.2, 0) is 18.7 Å². The van der Waals surface area contributed by atoms with E-state index in [2.05, 4.69) is 0 Å². The molecule has 13 heteroatoms. The van der Waals surface area contributed by atoms with Crippen molar-refractivity contribution >= 4 is 27.1 Å². The highest BCUT2D eigenvalue weighted by molar-refractivity contribution is 7.52. The van der Waals surface area contributed by atoms with Gasteiger partial charge in [0.2, 0.25) is 0 Å². The number of carboxylic acid groups (broad SMARTS) is 1. The molecule has 0 aromatic carbocycles. The second-order valence-corrected chi connectivity index (χ2v) is 6.53. The van der Waals surface area contributed by atoms with Crippen molar-refractivity contribution in [3.8, 4) is 0 Å². The minimum absolute atomic E-state index is 0.0281. The molecule has 0 aliphatic carbocycles. The highest BCUT2D eigenvalue weighted by Crippen LogP contribution is 2.40. The molecule has 0 saturated carbocycles. The molecule has 0 aromatic rings. The summed E-state index contributed by atoms with van der Waals surface area (Å²) in [5.74, 6) is -3.30. The minimum atomic E-state index is -4.82. The van der Waals surface area contributed by atoms with Crippen LogP contribution in [0.25, 0.3) is 0 Å². The normalized spacial score (nSPS) is 14.1. The fraction of sp³-hybridized carbons (Fsp3) is 0.600. The number of aliphatic carboxylic acids is 1. The summed E-state index contributed by atoms with van der Waals surface area (Å²) < 4.78 is 21.4. The van der Waals surface area contributed by atoms with Gasteiger partial charge in [0.15, 0.2) is 6.04 Å². The molecule has 0 bridgehead atoms. The van der Waals surface area contributed by atoms with Crippen LogP contribution in [-0.4, -0.2) is 60.1 Å². The number of carboxylic acids is 1. The molecule has 0 aromatic heterocycles. The monoisotopic (exact) mass is 306 g/mol. The summed E-state index contributed by atoms with van der Waals surface area (Å²) in [6.07, 6.45) is -2.67. The molecule has 106 valence electrons. The van der Waals surface area contributed by atoms with Crippen LogP contribution in [0.3, 0.4) is 0 Å². The molecule has 0 aliphatic heterocycles. The molecular formula is C5H12N2O9P2. The van der Waals surface area contributed by atoms with Gasteiger partial charge >= 0.3 is 21.2 Å². The van der Waals surface area contributed by atoms with Gasteiger partial charge < -0.3 is 35.3 Å². The van der Waals surface area contributed by atoms with E-state index in [4.69, 9.17) is 30.4 Å². The van der Waals surface area contributed by atoms with Crippen molar-refractivity contribution in [2.24, 2.45) is 5.73 Å². The average molecular weight is 306 g/mol. The Balaban J connectivity index is 5.10. The van der Waals surface area contributed by atoms with Crippen molar-refractivity contribution in [1.29, 1.82) is 0 Å². The third-order valence-electron chi connectivity index (χ3n) is 1.55. The summed E-state index contributed by atoms with van der Waals surface area (Å²) in [6.45, 7) is 0. The molecule has 0 fully saturated rings. The fourth-order valence-corrected chi connectivity index (χ4v) is 2.46. The number of amides is 1. The molecule has 7 N–H and O–H groups in total. The van der Waals surface area contributed by atoms with Crippen LogP contribution >= 0.6 is 15.2 Å². The smallest absolute Gasteiger partial charge is 0.344 e. The van der Waals surface area contributed by atoms with Gasteiger partial charge in [0.1, 0.15) is 12.6 Å². The maximum absolute atomic E-state index is 11.4. The van der Waals surface area contributed by atoms with Gasteiger partial charge in [0, 0.05) is 0 Å². The predicted molar refractivity (Wildman–Crippen MR) is 56.3 cm³/mol. The van der Waals surface area contributed by atoms with Crippen LogP contribution in [0.4, 0.5) is 0 Å². The Morgan fingerprint density at radius 2 is 1.39 bits per heavy atom. The van der Waals surface area contributed by atoms with Crippen LogP contribution in [0.1, 0.15) is 0 Å². The molecule has 0 heterocycles. The third kappa shape index (κ3) is 6.82. The van der Waals surface area contributed by atoms with Crippen molar-refractivity contribution in [2.75, 3.05) is 12.6 Å². The molecule has 18 heavy (non-hydrogen) atoms. The van der Waals surface area contributed by atoms with Crippen LogP contribution in [0.15, 0.2) is 0 Å². The summed E-state index contributed by atoms with van der Waals surface area (Å²) in [5, 5.41) is 8.44. The van der Waals surface area contributed by atoms with Crippen molar-refractivity contribution in [3.63, 3.8) is 0 Å². The number of hydrogen-bond acceptors (Lipinski definition) is 5. The van der Waals surface area contributed by atoms with Gasteiger partial charge in [-0.1, -0.05) is 0 Å². The Labute approximate surface area is 101 Å². The Bertz CT molecular complexity index is 401. The maximum Gasteiger partial charge on any atom is 0.344 e. The zero-order chi connectivity index (χ0) is 14.7. The van der Waals surface area contributed by atoms with E-state index in [1.165, 1.54) is 0 Å². The van der Waals surface area contributed by atoms with Crippen LogP contribution in [0.2, 0.25) is 0 Å². The molecule has 0 radical (unpaired) electrons. The Hall–Kier alpha value is -0.800. The second-order valence-electron chi connectivity index (χ2n) is 3.31. The molecule has 0 saturated heterocycles. The van der Waals surface area contributed by atoms with Crippen LogP contribution in [0.5, 0.6) is 0 Å². The summed E-state index contributed by atoms with van der Waals surface area (Å²) >= 11 is 0. The lowest BCUT2D eigenvalue weighted by atomic mass is 10.3. The lowest BCUT2D eigenvalue weighted by Gasteiger charge is -2.24. The number of nitrogens with two attached hydrogens (primary N) is 1. The van der Waals surface area contributed by atoms with Gasteiger partial charge in [-0.15, -0.1) is 0 Å². The number of hydrogen-bond donors (Lipinski definition) is 6. The van der Waals surface area contributed by atoms with Gasteiger partial charge in [0.05, 0.1) is 0 Å². The quantitative estimate of drug-likeness (QED) is 0.225. The first-order valence-electron chi connectivity index (χ1n) is 4.20. The Kier molecular flexibility index (Phi) is 5.63. The standard InChI is InChI=1S/C5H12N2O9P2/c6-3(5(9)10)4(8)7(1-17(11,12)13)2-18(14,15)16/h3H,1-2,6H2,(H,9,10)(H2,11,12,13)(H2,14,15,16)/t3-/m1/s1. The highest BCUT2D eigenvalue weighted by atomic mass is 31.2. The first-order chi connectivity index (χ1) is 7.83. The first kappa shape index (κ1) is 17.2. The average Bonchev–Trinajstić information content (AvgIpc) is 2.09. The van der Waals surface area contributed by atoms with Gasteiger partial charge in [-0.05, 0) is 0 Å². The van der Waals surface area contributed by atoms with E-state index in [9.17, 15) is 18.7 Å². The highest BCUT2D eigenvalue weighted by Gasteiger charge is 2.34. The zero-order valence-electron chi connectivity index (χ0n) is 8.78. The maximum atomic E-state index is 11.4. The minimum Gasteiger partial charge on any atom is -0.480 e. The number of carbonyl (C=O) groups excluding carboxylic acids is 1.